The normalized spacial score (nSPS) is 27.4. The first-order valence-corrected chi connectivity index (χ1v) is 11.4. The van der Waals surface area contributed by atoms with Gasteiger partial charge in [-0.1, -0.05) is 69.9 Å². The summed E-state index contributed by atoms with van der Waals surface area (Å²) in [5.74, 6) is -0.852. The molecule has 1 heterocycles. The molecule has 5 nitrogen and oxygen atoms in total. The minimum atomic E-state index is -0.493. The quantitative estimate of drug-likeness (QED) is 0.286. The summed E-state index contributed by atoms with van der Waals surface area (Å²) >= 11 is 0. The monoisotopic (exact) mass is 416 g/mol. The van der Waals surface area contributed by atoms with Gasteiger partial charge in [0, 0.05) is 0 Å². The molecule has 1 aliphatic carbocycles. The van der Waals surface area contributed by atoms with Crippen molar-refractivity contribution >= 4 is 11.9 Å². The molecule has 0 spiro atoms. The zero-order valence-electron chi connectivity index (χ0n) is 18.6. The van der Waals surface area contributed by atoms with Gasteiger partial charge in [0.25, 0.3) is 0 Å². The number of epoxide rings is 1. The third-order valence-electron chi connectivity index (χ3n) is 6.36. The second-order valence-electron chi connectivity index (χ2n) is 9.43. The van der Waals surface area contributed by atoms with Crippen LogP contribution in [0.5, 0.6) is 0 Å². The Morgan fingerprint density at radius 1 is 1.03 bits per heavy atom. The van der Waals surface area contributed by atoms with E-state index in [-0.39, 0.29) is 30.3 Å². The van der Waals surface area contributed by atoms with E-state index in [2.05, 4.69) is 13.8 Å². The number of fused-ring (bicyclic) bond motifs is 1. The Kier molecular flexibility index (Phi) is 7.93. The molecule has 1 aliphatic heterocycles. The molecule has 1 aromatic rings. The fourth-order valence-corrected chi connectivity index (χ4v) is 4.37. The van der Waals surface area contributed by atoms with Crippen LogP contribution in [0.1, 0.15) is 71.3 Å². The summed E-state index contributed by atoms with van der Waals surface area (Å²) in [5.41, 5.74) is 0.641. The zero-order chi connectivity index (χ0) is 21.6. The third kappa shape index (κ3) is 6.31. The van der Waals surface area contributed by atoms with Crippen molar-refractivity contribution in [2.45, 2.75) is 84.0 Å². The highest BCUT2D eigenvalue weighted by Gasteiger charge is 2.61. The molecule has 0 aromatic heterocycles. The van der Waals surface area contributed by atoms with Crippen molar-refractivity contribution < 1.29 is 23.8 Å². The van der Waals surface area contributed by atoms with E-state index in [4.69, 9.17) is 14.2 Å². The average molecular weight is 417 g/mol. The van der Waals surface area contributed by atoms with Gasteiger partial charge in [-0.25, -0.2) is 0 Å². The standard InChI is InChI=1S/C25H36O5/c1-18(2)11-7-4-5-10-14-28-24(27)21-16-25(3)22(30-25)15-20(21)23(26)29-17-19-12-8-6-9-13-19/h6,8-9,12-13,18,20-22H,4-5,7,10-11,14-17H2,1-3H3. The van der Waals surface area contributed by atoms with Crippen LogP contribution in [0.25, 0.3) is 0 Å². The van der Waals surface area contributed by atoms with Crippen LogP contribution >= 0.6 is 0 Å². The van der Waals surface area contributed by atoms with E-state index in [1.54, 1.807) is 0 Å². The fraction of sp³-hybridized carbons (Fsp3) is 0.680. The molecular weight excluding hydrogens is 380 g/mol. The second kappa shape index (κ2) is 10.4. The van der Waals surface area contributed by atoms with Crippen LogP contribution in [-0.2, 0) is 30.4 Å². The van der Waals surface area contributed by atoms with Crippen LogP contribution in [0, 0.1) is 17.8 Å². The summed E-state index contributed by atoms with van der Waals surface area (Å²) in [6.45, 7) is 7.13. The number of ether oxygens (including phenoxy) is 3. The summed E-state index contributed by atoms with van der Waals surface area (Å²) in [7, 11) is 0. The molecule has 5 heteroatoms. The number of hydrogen-bond acceptors (Lipinski definition) is 5. The molecule has 0 N–H and O–H groups in total. The van der Waals surface area contributed by atoms with E-state index in [1.165, 1.54) is 19.3 Å². The van der Waals surface area contributed by atoms with Gasteiger partial charge in [0.1, 0.15) is 6.61 Å². The maximum atomic E-state index is 12.8. The fourth-order valence-electron chi connectivity index (χ4n) is 4.37. The Morgan fingerprint density at radius 2 is 1.73 bits per heavy atom. The number of hydrogen-bond donors (Lipinski definition) is 0. The van der Waals surface area contributed by atoms with Crippen LogP contribution in [0.4, 0.5) is 0 Å². The molecule has 3 rings (SSSR count). The number of rotatable bonds is 11. The summed E-state index contributed by atoms with van der Waals surface area (Å²) in [5, 5.41) is 0. The molecule has 2 aliphatic rings. The SMILES string of the molecule is CC(C)CCCCCCOC(=O)C1CC2(C)OC2CC1C(=O)OCc1ccccc1. The maximum absolute atomic E-state index is 12.8. The van der Waals surface area contributed by atoms with Crippen LogP contribution in [0.2, 0.25) is 0 Å². The number of esters is 2. The van der Waals surface area contributed by atoms with Crippen LogP contribution in [0.15, 0.2) is 30.3 Å². The Hall–Kier alpha value is -1.88. The van der Waals surface area contributed by atoms with Crippen molar-refractivity contribution in [3.8, 4) is 0 Å². The van der Waals surface area contributed by atoms with E-state index in [0.717, 1.165) is 24.3 Å². The molecule has 0 amide bonds. The largest absolute Gasteiger partial charge is 0.465 e. The molecular formula is C25H36O5. The van der Waals surface area contributed by atoms with E-state index in [0.29, 0.717) is 19.4 Å². The first-order chi connectivity index (χ1) is 14.4. The van der Waals surface area contributed by atoms with Gasteiger partial charge in [0.2, 0.25) is 0 Å². The highest BCUT2D eigenvalue weighted by atomic mass is 16.6. The van der Waals surface area contributed by atoms with Gasteiger partial charge >= 0.3 is 11.9 Å². The van der Waals surface area contributed by atoms with E-state index in [1.807, 2.05) is 37.3 Å². The van der Waals surface area contributed by atoms with Gasteiger partial charge in [-0.2, -0.15) is 0 Å². The van der Waals surface area contributed by atoms with Crippen LogP contribution < -0.4 is 0 Å². The minimum absolute atomic E-state index is 0.0387. The Bertz CT molecular complexity index is 701. The molecule has 166 valence electrons. The molecule has 2 fully saturated rings. The van der Waals surface area contributed by atoms with Crippen molar-refractivity contribution in [3.05, 3.63) is 35.9 Å². The lowest BCUT2D eigenvalue weighted by molar-refractivity contribution is -0.163. The van der Waals surface area contributed by atoms with Crippen LogP contribution in [-0.4, -0.2) is 30.3 Å². The highest BCUT2D eigenvalue weighted by molar-refractivity contribution is 5.83. The van der Waals surface area contributed by atoms with Gasteiger partial charge < -0.3 is 14.2 Å². The molecule has 30 heavy (non-hydrogen) atoms. The molecule has 1 saturated carbocycles. The number of benzene rings is 1. The Balaban J connectivity index is 1.46. The van der Waals surface area contributed by atoms with Gasteiger partial charge in [0.05, 0.1) is 30.1 Å². The average Bonchev–Trinajstić information content (AvgIpc) is 3.40. The summed E-state index contributed by atoms with van der Waals surface area (Å²) in [6, 6.07) is 9.59. The van der Waals surface area contributed by atoms with Crippen LogP contribution in [0.3, 0.4) is 0 Å². The van der Waals surface area contributed by atoms with Gasteiger partial charge in [-0.05, 0) is 37.7 Å². The lowest BCUT2D eigenvalue weighted by Crippen LogP contribution is -2.40. The van der Waals surface area contributed by atoms with Crippen molar-refractivity contribution in [3.63, 3.8) is 0 Å². The Morgan fingerprint density at radius 3 is 2.47 bits per heavy atom. The second-order valence-corrected chi connectivity index (χ2v) is 9.43. The molecule has 0 radical (unpaired) electrons. The maximum Gasteiger partial charge on any atom is 0.310 e. The Labute approximate surface area is 180 Å². The predicted octanol–water partition coefficient (Wildman–Crippen LogP) is 5.06. The number of unbranched alkanes of at least 4 members (excludes halogenated alkanes) is 3. The first-order valence-electron chi connectivity index (χ1n) is 11.4. The van der Waals surface area contributed by atoms with Gasteiger partial charge in [-0.3, -0.25) is 9.59 Å². The topological polar surface area (TPSA) is 65.1 Å². The zero-order valence-corrected chi connectivity index (χ0v) is 18.6. The number of carbonyl (C=O) groups excluding carboxylic acids is 2. The lowest BCUT2D eigenvalue weighted by atomic mass is 9.74. The van der Waals surface area contributed by atoms with Crippen molar-refractivity contribution in [2.75, 3.05) is 6.61 Å². The summed E-state index contributed by atoms with van der Waals surface area (Å²) in [6.07, 6.45) is 6.66. The van der Waals surface area contributed by atoms with Gasteiger partial charge in [0.15, 0.2) is 0 Å². The molecule has 4 unspecified atom stereocenters. The van der Waals surface area contributed by atoms with E-state index in [9.17, 15) is 9.59 Å². The van der Waals surface area contributed by atoms with Crippen molar-refractivity contribution in [1.29, 1.82) is 0 Å². The lowest BCUT2D eigenvalue weighted by Gasteiger charge is -2.29. The van der Waals surface area contributed by atoms with E-state index < -0.39 is 11.8 Å². The predicted molar refractivity (Wildman–Crippen MR) is 115 cm³/mol. The minimum Gasteiger partial charge on any atom is -0.465 e. The highest BCUT2D eigenvalue weighted by Crippen LogP contribution is 2.52. The number of carbonyl (C=O) groups is 2. The van der Waals surface area contributed by atoms with Crippen molar-refractivity contribution in [2.24, 2.45) is 17.8 Å². The summed E-state index contributed by atoms with van der Waals surface area (Å²) in [4.78, 5) is 25.6. The molecule has 1 saturated heterocycles. The molecule has 4 atom stereocenters. The summed E-state index contributed by atoms with van der Waals surface area (Å²) < 4.78 is 16.9. The molecule has 0 bridgehead atoms. The third-order valence-corrected chi connectivity index (χ3v) is 6.36. The van der Waals surface area contributed by atoms with Gasteiger partial charge in [-0.15, -0.1) is 0 Å². The smallest absolute Gasteiger partial charge is 0.310 e. The van der Waals surface area contributed by atoms with E-state index >= 15 is 0 Å². The van der Waals surface area contributed by atoms with Crippen molar-refractivity contribution in [1.82, 2.24) is 0 Å². The first kappa shape index (κ1) is 22.8. The molecule has 1 aromatic carbocycles.